The van der Waals surface area contributed by atoms with Crippen LogP contribution in [0.3, 0.4) is 0 Å². The van der Waals surface area contributed by atoms with Crippen molar-refractivity contribution >= 4 is 15.8 Å². The molecule has 1 rings (SSSR count). The minimum atomic E-state index is -2.91. The quantitative estimate of drug-likeness (QED) is 0.674. The molecule has 100 valence electrons. The van der Waals surface area contributed by atoms with Gasteiger partial charge >= 0.3 is 5.97 Å². The Balaban J connectivity index is 2.46. The van der Waals surface area contributed by atoms with E-state index in [1.807, 2.05) is 4.90 Å². The third-order valence-electron chi connectivity index (χ3n) is 3.05. The van der Waals surface area contributed by atoms with Crippen molar-refractivity contribution in [3.63, 3.8) is 0 Å². The topological polar surface area (TPSA) is 63.7 Å². The zero-order valence-electron chi connectivity index (χ0n) is 10.5. The Morgan fingerprint density at radius 3 is 2.71 bits per heavy atom. The average Bonchev–Trinajstić information content (AvgIpc) is 2.27. The van der Waals surface area contributed by atoms with Crippen molar-refractivity contribution in [1.29, 1.82) is 0 Å². The standard InChI is InChI=1S/C11H21NO4S/c1-16-11(13)10-6-3-4-7-12(10)8-5-9-17(2,14)15/h10H,3-9H2,1-2H3. The van der Waals surface area contributed by atoms with Crippen LogP contribution in [-0.4, -0.2) is 57.5 Å². The molecule has 6 heteroatoms. The highest BCUT2D eigenvalue weighted by Crippen LogP contribution is 2.18. The fourth-order valence-electron chi connectivity index (χ4n) is 2.19. The summed E-state index contributed by atoms with van der Waals surface area (Å²) in [5.74, 6) is -0.0266. The SMILES string of the molecule is COC(=O)C1CCCCN1CCCS(C)(=O)=O. The summed E-state index contributed by atoms with van der Waals surface area (Å²) >= 11 is 0. The minimum Gasteiger partial charge on any atom is -0.468 e. The molecule has 1 atom stereocenters. The molecular weight excluding hydrogens is 242 g/mol. The van der Waals surface area contributed by atoms with Crippen LogP contribution in [0.2, 0.25) is 0 Å². The number of likely N-dealkylation sites (tertiary alicyclic amines) is 1. The predicted molar refractivity (Wildman–Crippen MR) is 65.6 cm³/mol. The molecule has 1 aliphatic heterocycles. The number of carbonyl (C=O) groups is 1. The number of rotatable bonds is 5. The fourth-order valence-corrected chi connectivity index (χ4v) is 2.84. The van der Waals surface area contributed by atoms with Crippen LogP contribution in [-0.2, 0) is 19.4 Å². The minimum absolute atomic E-state index is 0.178. The van der Waals surface area contributed by atoms with Crippen LogP contribution in [0.5, 0.6) is 0 Å². The van der Waals surface area contributed by atoms with E-state index in [2.05, 4.69) is 0 Å². The molecule has 0 aromatic carbocycles. The van der Waals surface area contributed by atoms with Gasteiger partial charge < -0.3 is 4.74 Å². The monoisotopic (exact) mass is 263 g/mol. The molecule has 1 aliphatic rings. The van der Waals surface area contributed by atoms with E-state index in [1.54, 1.807) is 0 Å². The van der Waals surface area contributed by atoms with Crippen LogP contribution >= 0.6 is 0 Å². The first-order valence-corrected chi connectivity index (χ1v) is 7.99. The molecule has 0 amide bonds. The number of piperidine rings is 1. The van der Waals surface area contributed by atoms with Gasteiger partial charge in [-0.25, -0.2) is 8.42 Å². The summed E-state index contributed by atoms with van der Waals surface area (Å²) in [6, 6.07) is -0.187. The first-order valence-electron chi connectivity index (χ1n) is 5.93. The molecule has 0 aromatic rings. The van der Waals surface area contributed by atoms with Gasteiger partial charge in [-0.15, -0.1) is 0 Å². The number of sulfone groups is 1. The molecule has 0 radical (unpaired) electrons. The number of nitrogens with zero attached hydrogens (tertiary/aromatic N) is 1. The van der Waals surface area contributed by atoms with Gasteiger partial charge in [0.2, 0.25) is 0 Å². The van der Waals surface area contributed by atoms with Crippen LogP contribution in [0.25, 0.3) is 0 Å². The zero-order chi connectivity index (χ0) is 12.9. The molecule has 1 saturated heterocycles. The summed E-state index contributed by atoms with van der Waals surface area (Å²) in [6.07, 6.45) is 4.72. The number of ether oxygens (including phenoxy) is 1. The van der Waals surface area contributed by atoms with E-state index in [9.17, 15) is 13.2 Å². The van der Waals surface area contributed by atoms with Gasteiger partial charge in [0.1, 0.15) is 15.9 Å². The lowest BCUT2D eigenvalue weighted by molar-refractivity contribution is -0.148. The Kier molecular flexibility index (Phi) is 5.39. The van der Waals surface area contributed by atoms with Crippen molar-refractivity contribution in [2.75, 3.05) is 32.2 Å². The number of esters is 1. The van der Waals surface area contributed by atoms with Crippen molar-refractivity contribution in [3.8, 4) is 0 Å². The Morgan fingerprint density at radius 2 is 2.12 bits per heavy atom. The highest BCUT2D eigenvalue weighted by atomic mass is 32.2. The zero-order valence-corrected chi connectivity index (χ0v) is 11.3. The molecule has 1 unspecified atom stereocenters. The molecule has 0 N–H and O–H groups in total. The normalized spacial score (nSPS) is 22.4. The average molecular weight is 263 g/mol. The summed E-state index contributed by atoms with van der Waals surface area (Å²) < 4.78 is 26.8. The van der Waals surface area contributed by atoms with Crippen molar-refractivity contribution in [2.45, 2.75) is 31.7 Å². The van der Waals surface area contributed by atoms with Crippen molar-refractivity contribution in [2.24, 2.45) is 0 Å². The Hall–Kier alpha value is -0.620. The Labute approximate surface area is 103 Å². The lowest BCUT2D eigenvalue weighted by Gasteiger charge is -2.33. The van der Waals surface area contributed by atoms with Gasteiger partial charge in [-0.05, 0) is 32.4 Å². The molecule has 0 aliphatic carbocycles. The maximum atomic E-state index is 11.6. The van der Waals surface area contributed by atoms with Crippen LogP contribution in [0.15, 0.2) is 0 Å². The maximum Gasteiger partial charge on any atom is 0.323 e. The van der Waals surface area contributed by atoms with E-state index >= 15 is 0 Å². The Morgan fingerprint density at radius 1 is 1.41 bits per heavy atom. The molecule has 17 heavy (non-hydrogen) atoms. The van der Waals surface area contributed by atoms with Crippen LogP contribution in [0.1, 0.15) is 25.7 Å². The van der Waals surface area contributed by atoms with Crippen molar-refractivity contribution in [3.05, 3.63) is 0 Å². The number of hydrogen-bond acceptors (Lipinski definition) is 5. The second-order valence-electron chi connectivity index (χ2n) is 4.55. The summed E-state index contributed by atoms with van der Waals surface area (Å²) in [4.78, 5) is 13.6. The van der Waals surface area contributed by atoms with E-state index in [0.29, 0.717) is 13.0 Å². The second kappa shape index (κ2) is 6.35. The Bertz CT molecular complexity index is 352. The molecule has 1 fully saturated rings. The maximum absolute atomic E-state index is 11.6. The number of methoxy groups -OCH3 is 1. The molecule has 0 saturated carbocycles. The summed E-state index contributed by atoms with van der Waals surface area (Å²) in [5, 5.41) is 0. The van der Waals surface area contributed by atoms with Gasteiger partial charge in [-0.3, -0.25) is 9.69 Å². The smallest absolute Gasteiger partial charge is 0.323 e. The van der Waals surface area contributed by atoms with Gasteiger partial charge in [0.25, 0.3) is 0 Å². The van der Waals surface area contributed by atoms with Gasteiger partial charge in [-0.2, -0.15) is 0 Å². The number of hydrogen-bond donors (Lipinski definition) is 0. The van der Waals surface area contributed by atoms with E-state index < -0.39 is 9.84 Å². The number of carbonyl (C=O) groups excluding carboxylic acids is 1. The van der Waals surface area contributed by atoms with Gasteiger partial charge in [0, 0.05) is 6.26 Å². The van der Waals surface area contributed by atoms with Crippen molar-refractivity contribution < 1.29 is 17.9 Å². The fraction of sp³-hybridized carbons (Fsp3) is 0.909. The lowest BCUT2D eigenvalue weighted by atomic mass is 10.0. The third kappa shape index (κ3) is 5.04. The molecule has 1 heterocycles. The highest BCUT2D eigenvalue weighted by Gasteiger charge is 2.28. The second-order valence-corrected chi connectivity index (χ2v) is 6.81. The molecule has 0 spiro atoms. The highest BCUT2D eigenvalue weighted by molar-refractivity contribution is 7.90. The van der Waals surface area contributed by atoms with E-state index in [1.165, 1.54) is 13.4 Å². The predicted octanol–water partition coefficient (Wildman–Crippen LogP) is 0.449. The molecule has 0 bridgehead atoms. The molecule has 5 nitrogen and oxygen atoms in total. The van der Waals surface area contributed by atoms with Gasteiger partial charge in [-0.1, -0.05) is 6.42 Å². The first kappa shape index (κ1) is 14.4. The summed E-state index contributed by atoms with van der Waals surface area (Å²) in [6.45, 7) is 1.50. The van der Waals surface area contributed by atoms with Gasteiger partial charge in [0.05, 0.1) is 12.9 Å². The largest absolute Gasteiger partial charge is 0.468 e. The first-order chi connectivity index (χ1) is 7.94. The van der Waals surface area contributed by atoms with E-state index in [-0.39, 0.29) is 17.8 Å². The van der Waals surface area contributed by atoms with Crippen molar-refractivity contribution in [1.82, 2.24) is 4.90 Å². The molecular formula is C11H21NO4S. The van der Waals surface area contributed by atoms with Crippen LogP contribution in [0, 0.1) is 0 Å². The third-order valence-corrected chi connectivity index (χ3v) is 4.08. The summed E-state index contributed by atoms with van der Waals surface area (Å²) in [5.41, 5.74) is 0. The van der Waals surface area contributed by atoms with Crippen LogP contribution in [0.4, 0.5) is 0 Å². The molecule has 0 aromatic heterocycles. The van der Waals surface area contributed by atoms with Crippen LogP contribution < -0.4 is 0 Å². The van der Waals surface area contributed by atoms with Gasteiger partial charge in [0.15, 0.2) is 0 Å². The van der Waals surface area contributed by atoms with E-state index in [4.69, 9.17) is 4.74 Å². The lowest BCUT2D eigenvalue weighted by Crippen LogP contribution is -2.45. The van der Waals surface area contributed by atoms with E-state index in [0.717, 1.165) is 25.8 Å². The summed E-state index contributed by atoms with van der Waals surface area (Å²) in [7, 11) is -1.52.